The maximum Gasteiger partial charge on any atom is 0.212 e. The van der Waals surface area contributed by atoms with Crippen molar-refractivity contribution in [1.29, 1.82) is 0 Å². The summed E-state index contributed by atoms with van der Waals surface area (Å²) < 4.78 is 5.81. The third kappa shape index (κ3) is 1.61. The minimum absolute atomic E-state index is 0.306. The first-order valence-corrected chi connectivity index (χ1v) is 5.94. The molecule has 1 unspecified atom stereocenters. The number of aryl methyl sites for hydroxylation is 1. The lowest BCUT2D eigenvalue weighted by Crippen LogP contribution is -2.26. The molecule has 2 aromatic rings. The van der Waals surface area contributed by atoms with Crippen LogP contribution in [0.4, 0.5) is 0 Å². The molecule has 0 aliphatic carbocycles. The van der Waals surface area contributed by atoms with Crippen LogP contribution in [-0.4, -0.2) is 11.5 Å². The molecule has 3 nitrogen and oxygen atoms in total. The molecule has 1 aromatic carbocycles. The summed E-state index contributed by atoms with van der Waals surface area (Å²) in [4.78, 5) is 4.61. The summed E-state index contributed by atoms with van der Waals surface area (Å²) in [5, 5.41) is 3.46. The van der Waals surface area contributed by atoms with E-state index in [9.17, 15) is 0 Å². The third-order valence-corrected chi connectivity index (χ3v) is 3.25. The van der Waals surface area contributed by atoms with Crippen LogP contribution in [0.2, 0.25) is 0 Å². The highest BCUT2D eigenvalue weighted by molar-refractivity contribution is 5.76. The van der Waals surface area contributed by atoms with Gasteiger partial charge in [0.25, 0.3) is 0 Å². The number of benzene rings is 1. The van der Waals surface area contributed by atoms with E-state index < -0.39 is 0 Å². The average Bonchev–Trinajstić information content (AvgIpc) is 2.76. The molecule has 0 spiro atoms. The minimum Gasteiger partial charge on any atom is -0.439 e. The van der Waals surface area contributed by atoms with E-state index in [4.69, 9.17) is 4.42 Å². The van der Waals surface area contributed by atoms with Crippen molar-refractivity contribution < 1.29 is 4.42 Å². The van der Waals surface area contributed by atoms with Crippen LogP contribution in [0.5, 0.6) is 0 Å². The van der Waals surface area contributed by atoms with E-state index in [1.54, 1.807) is 0 Å². The Morgan fingerprint density at radius 1 is 1.38 bits per heavy atom. The molecule has 0 bridgehead atoms. The van der Waals surface area contributed by atoms with Gasteiger partial charge in [-0.05, 0) is 37.9 Å². The fourth-order valence-electron chi connectivity index (χ4n) is 2.31. The SMILES string of the molecule is Cc1cccc2oc(C3CCCCN3)nc12. The van der Waals surface area contributed by atoms with Gasteiger partial charge in [-0.1, -0.05) is 18.6 Å². The van der Waals surface area contributed by atoms with Gasteiger partial charge in [-0.2, -0.15) is 0 Å². The lowest BCUT2D eigenvalue weighted by molar-refractivity contribution is 0.347. The van der Waals surface area contributed by atoms with Gasteiger partial charge in [-0.25, -0.2) is 4.98 Å². The summed E-state index contributed by atoms with van der Waals surface area (Å²) in [7, 11) is 0. The Kier molecular flexibility index (Phi) is 2.40. The van der Waals surface area contributed by atoms with Gasteiger partial charge in [0, 0.05) is 0 Å². The zero-order chi connectivity index (χ0) is 11.0. The highest BCUT2D eigenvalue weighted by Gasteiger charge is 2.20. The molecule has 3 rings (SSSR count). The van der Waals surface area contributed by atoms with E-state index >= 15 is 0 Å². The van der Waals surface area contributed by atoms with Gasteiger partial charge in [0.2, 0.25) is 5.89 Å². The van der Waals surface area contributed by atoms with Gasteiger partial charge in [0.15, 0.2) is 5.58 Å². The second-order valence-corrected chi connectivity index (χ2v) is 4.48. The van der Waals surface area contributed by atoms with Gasteiger partial charge >= 0.3 is 0 Å². The lowest BCUT2D eigenvalue weighted by atomic mass is 10.1. The summed E-state index contributed by atoms with van der Waals surface area (Å²) >= 11 is 0. The van der Waals surface area contributed by atoms with Crippen LogP contribution in [0.15, 0.2) is 22.6 Å². The van der Waals surface area contributed by atoms with Gasteiger partial charge < -0.3 is 9.73 Å². The molecule has 1 saturated heterocycles. The molecular weight excluding hydrogens is 200 g/mol. The highest BCUT2D eigenvalue weighted by atomic mass is 16.3. The van der Waals surface area contributed by atoms with Gasteiger partial charge in [0.1, 0.15) is 5.52 Å². The molecule has 0 saturated carbocycles. The van der Waals surface area contributed by atoms with Gasteiger partial charge in [-0.3, -0.25) is 0 Å². The first-order chi connectivity index (χ1) is 7.84. The molecule has 84 valence electrons. The van der Waals surface area contributed by atoms with E-state index in [2.05, 4.69) is 23.3 Å². The van der Waals surface area contributed by atoms with Crippen LogP contribution in [0.25, 0.3) is 11.1 Å². The van der Waals surface area contributed by atoms with E-state index in [1.807, 2.05) is 12.1 Å². The van der Waals surface area contributed by atoms with E-state index in [0.29, 0.717) is 6.04 Å². The second-order valence-electron chi connectivity index (χ2n) is 4.48. The first-order valence-electron chi connectivity index (χ1n) is 5.94. The van der Waals surface area contributed by atoms with Crippen molar-refractivity contribution in [1.82, 2.24) is 10.3 Å². The standard InChI is InChI=1S/C13H16N2O/c1-9-5-4-7-11-12(9)15-13(16-11)10-6-2-3-8-14-10/h4-5,7,10,14H,2-3,6,8H2,1H3. The third-order valence-electron chi connectivity index (χ3n) is 3.25. The Balaban J connectivity index is 2.01. The van der Waals surface area contributed by atoms with Crippen LogP contribution >= 0.6 is 0 Å². The summed E-state index contributed by atoms with van der Waals surface area (Å²) in [6, 6.07) is 6.38. The average molecular weight is 216 g/mol. The van der Waals surface area contributed by atoms with Crippen molar-refractivity contribution in [2.45, 2.75) is 32.2 Å². The maximum absolute atomic E-state index is 5.81. The zero-order valence-electron chi connectivity index (χ0n) is 9.49. The van der Waals surface area contributed by atoms with Crippen LogP contribution < -0.4 is 5.32 Å². The quantitative estimate of drug-likeness (QED) is 0.796. The molecular formula is C13H16N2O. The van der Waals surface area contributed by atoms with Crippen molar-refractivity contribution in [2.75, 3.05) is 6.54 Å². The van der Waals surface area contributed by atoms with Crippen molar-refractivity contribution in [3.8, 4) is 0 Å². The number of rotatable bonds is 1. The normalized spacial score (nSPS) is 21.4. The Morgan fingerprint density at radius 2 is 2.31 bits per heavy atom. The van der Waals surface area contributed by atoms with Crippen molar-refractivity contribution in [3.63, 3.8) is 0 Å². The van der Waals surface area contributed by atoms with Crippen molar-refractivity contribution in [3.05, 3.63) is 29.7 Å². The Bertz CT molecular complexity index is 498. The molecule has 0 radical (unpaired) electrons. The molecule has 1 aliphatic rings. The van der Waals surface area contributed by atoms with Gasteiger partial charge in [-0.15, -0.1) is 0 Å². The van der Waals surface area contributed by atoms with Crippen molar-refractivity contribution >= 4 is 11.1 Å². The second kappa shape index (κ2) is 3.91. The Morgan fingerprint density at radius 3 is 3.06 bits per heavy atom. The number of nitrogens with one attached hydrogen (secondary N) is 1. The molecule has 1 aliphatic heterocycles. The predicted octanol–water partition coefficient (Wildman–Crippen LogP) is 2.95. The van der Waals surface area contributed by atoms with E-state index in [1.165, 1.54) is 18.4 Å². The van der Waals surface area contributed by atoms with Crippen LogP contribution in [0.1, 0.15) is 36.8 Å². The Labute approximate surface area is 94.9 Å². The molecule has 1 N–H and O–H groups in total. The molecule has 1 fully saturated rings. The number of hydrogen-bond donors (Lipinski definition) is 1. The highest BCUT2D eigenvalue weighted by Crippen LogP contribution is 2.26. The van der Waals surface area contributed by atoms with Crippen molar-refractivity contribution in [2.24, 2.45) is 0 Å². The topological polar surface area (TPSA) is 38.1 Å². The Hall–Kier alpha value is -1.35. The summed E-state index contributed by atoms with van der Waals surface area (Å²) in [5.74, 6) is 0.851. The van der Waals surface area contributed by atoms with E-state index in [-0.39, 0.29) is 0 Å². The summed E-state index contributed by atoms with van der Waals surface area (Å²) in [5.41, 5.74) is 3.09. The molecule has 1 atom stereocenters. The smallest absolute Gasteiger partial charge is 0.212 e. The maximum atomic E-state index is 5.81. The number of aromatic nitrogens is 1. The summed E-state index contributed by atoms with van der Waals surface area (Å²) in [6.45, 7) is 3.14. The fraction of sp³-hybridized carbons (Fsp3) is 0.462. The van der Waals surface area contributed by atoms with E-state index in [0.717, 1.165) is 30.0 Å². The molecule has 0 amide bonds. The van der Waals surface area contributed by atoms with Gasteiger partial charge in [0.05, 0.1) is 6.04 Å². The number of para-hydroxylation sites is 1. The lowest BCUT2D eigenvalue weighted by Gasteiger charge is -2.19. The number of piperidine rings is 1. The summed E-state index contributed by atoms with van der Waals surface area (Å²) in [6.07, 6.45) is 3.65. The molecule has 1 aromatic heterocycles. The van der Waals surface area contributed by atoms with Crippen LogP contribution in [-0.2, 0) is 0 Å². The predicted molar refractivity (Wildman–Crippen MR) is 63.3 cm³/mol. The minimum atomic E-state index is 0.306. The number of nitrogens with zero attached hydrogens (tertiary/aromatic N) is 1. The zero-order valence-corrected chi connectivity index (χ0v) is 9.49. The van der Waals surface area contributed by atoms with Crippen LogP contribution in [0.3, 0.4) is 0 Å². The molecule has 2 heterocycles. The fourth-order valence-corrected chi connectivity index (χ4v) is 2.31. The van der Waals surface area contributed by atoms with Crippen LogP contribution in [0, 0.1) is 6.92 Å². The number of hydrogen-bond acceptors (Lipinski definition) is 3. The number of fused-ring (bicyclic) bond motifs is 1. The molecule has 16 heavy (non-hydrogen) atoms. The number of oxazole rings is 1. The monoisotopic (exact) mass is 216 g/mol. The largest absolute Gasteiger partial charge is 0.439 e. The molecule has 3 heteroatoms. The first kappa shape index (κ1) is 9.85.